The quantitative estimate of drug-likeness (QED) is 0.910. The van der Waals surface area contributed by atoms with Gasteiger partial charge in [0, 0.05) is 19.5 Å². The van der Waals surface area contributed by atoms with Crippen molar-refractivity contribution in [3.8, 4) is 0 Å². The van der Waals surface area contributed by atoms with Gasteiger partial charge in [-0.05, 0) is 30.9 Å². The molecule has 19 heavy (non-hydrogen) atoms. The van der Waals surface area contributed by atoms with Crippen molar-refractivity contribution in [3.63, 3.8) is 0 Å². The largest absolute Gasteiger partial charge is 0.481 e. The van der Waals surface area contributed by atoms with Crippen LogP contribution < -0.4 is 0 Å². The minimum Gasteiger partial charge on any atom is -0.481 e. The molecule has 1 aromatic rings. The van der Waals surface area contributed by atoms with Crippen LogP contribution in [0.25, 0.3) is 0 Å². The lowest BCUT2D eigenvalue weighted by atomic mass is 9.96. The molecule has 0 aromatic heterocycles. The molecule has 2 rings (SSSR count). The van der Waals surface area contributed by atoms with Gasteiger partial charge in [-0.1, -0.05) is 18.2 Å². The van der Waals surface area contributed by atoms with E-state index in [1.807, 2.05) is 0 Å². The highest BCUT2D eigenvalue weighted by Gasteiger charge is 2.30. The topological polar surface area (TPSA) is 74.7 Å². The Balaban J connectivity index is 2.15. The number of piperidine rings is 1. The molecule has 1 saturated heterocycles. The van der Waals surface area contributed by atoms with E-state index in [1.165, 1.54) is 4.31 Å². The zero-order valence-corrected chi connectivity index (χ0v) is 11.3. The van der Waals surface area contributed by atoms with Crippen LogP contribution in [0, 0.1) is 5.92 Å². The Bertz CT molecular complexity index is 541. The Morgan fingerprint density at radius 2 is 2.00 bits per heavy atom. The highest BCUT2D eigenvalue weighted by Crippen LogP contribution is 2.25. The second-order valence-corrected chi connectivity index (χ2v) is 6.72. The second kappa shape index (κ2) is 5.71. The second-order valence-electron chi connectivity index (χ2n) is 4.78. The molecule has 104 valence electrons. The van der Waals surface area contributed by atoms with Crippen molar-refractivity contribution in [2.75, 3.05) is 13.1 Å². The molecule has 0 amide bonds. The molecule has 1 aromatic carbocycles. The Morgan fingerprint density at radius 1 is 1.32 bits per heavy atom. The van der Waals surface area contributed by atoms with Crippen LogP contribution >= 0.6 is 0 Å². The summed E-state index contributed by atoms with van der Waals surface area (Å²) in [6.45, 7) is 0.761. The van der Waals surface area contributed by atoms with E-state index < -0.39 is 16.0 Å². The van der Waals surface area contributed by atoms with Gasteiger partial charge in [0.2, 0.25) is 10.0 Å². The van der Waals surface area contributed by atoms with E-state index in [1.54, 1.807) is 30.3 Å². The summed E-state index contributed by atoms with van der Waals surface area (Å²) < 4.78 is 26.2. The SMILES string of the molecule is O=C(O)CC1CCCN(S(=O)(=O)c2ccccc2)C1. The summed E-state index contributed by atoms with van der Waals surface area (Å²) >= 11 is 0. The molecule has 1 fully saturated rings. The molecule has 1 N–H and O–H groups in total. The van der Waals surface area contributed by atoms with E-state index in [0.29, 0.717) is 19.5 Å². The number of carboxylic acids is 1. The smallest absolute Gasteiger partial charge is 0.303 e. The van der Waals surface area contributed by atoms with E-state index in [2.05, 4.69) is 0 Å². The Morgan fingerprint density at radius 3 is 2.63 bits per heavy atom. The first-order valence-electron chi connectivity index (χ1n) is 6.27. The molecule has 0 spiro atoms. The van der Waals surface area contributed by atoms with Gasteiger partial charge in [-0.2, -0.15) is 4.31 Å². The lowest BCUT2D eigenvalue weighted by Gasteiger charge is -2.31. The number of sulfonamides is 1. The minimum atomic E-state index is -3.49. The van der Waals surface area contributed by atoms with Crippen molar-refractivity contribution in [2.45, 2.75) is 24.2 Å². The standard InChI is InChI=1S/C13H17NO4S/c15-13(16)9-11-5-4-8-14(10-11)19(17,18)12-6-2-1-3-7-12/h1-3,6-7,11H,4-5,8-10H2,(H,15,16). The molecular formula is C13H17NO4S. The van der Waals surface area contributed by atoms with Crippen LogP contribution in [0.2, 0.25) is 0 Å². The van der Waals surface area contributed by atoms with E-state index in [9.17, 15) is 13.2 Å². The van der Waals surface area contributed by atoms with Crippen molar-refractivity contribution in [2.24, 2.45) is 5.92 Å². The van der Waals surface area contributed by atoms with Gasteiger partial charge in [-0.3, -0.25) is 4.79 Å². The van der Waals surface area contributed by atoms with Crippen LogP contribution in [0.4, 0.5) is 0 Å². The van der Waals surface area contributed by atoms with Gasteiger partial charge in [0.1, 0.15) is 0 Å². The van der Waals surface area contributed by atoms with Gasteiger partial charge in [0.25, 0.3) is 0 Å². The summed E-state index contributed by atoms with van der Waals surface area (Å²) in [7, 11) is -3.49. The highest BCUT2D eigenvalue weighted by molar-refractivity contribution is 7.89. The third kappa shape index (κ3) is 3.33. The summed E-state index contributed by atoms with van der Waals surface area (Å²) in [5, 5.41) is 8.80. The Hall–Kier alpha value is -1.40. The van der Waals surface area contributed by atoms with Gasteiger partial charge in [0.15, 0.2) is 0 Å². The molecule has 0 saturated carbocycles. The molecule has 0 radical (unpaired) electrons. The average Bonchev–Trinajstić information content (AvgIpc) is 2.39. The first-order valence-corrected chi connectivity index (χ1v) is 7.71. The van der Waals surface area contributed by atoms with Crippen LogP contribution in [0.1, 0.15) is 19.3 Å². The normalized spacial score (nSPS) is 21.2. The van der Waals surface area contributed by atoms with Crippen LogP contribution in [-0.4, -0.2) is 36.9 Å². The molecular weight excluding hydrogens is 266 g/mol. The number of nitrogens with zero attached hydrogens (tertiary/aromatic N) is 1. The van der Waals surface area contributed by atoms with Gasteiger partial charge in [-0.25, -0.2) is 8.42 Å². The minimum absolute atomic E-state index is 0.0286. The zero-order valence-electron chi connectivity index (χ0n) is 10.5. The zero-order chi connectivity index (χ0) is 13.9. The molecule has 1 atom stereocenters. The van der Waals surface area contributed by atoms with Crippen molar-refractivity contribution < 1.29 is 18.3 Å². The predicted molar refractivity (Wildman–Crippen MR) is 70.2 cm³/mol. The number of hydrogen-bond donors (Lipinski definition) is 1. The monoisotopic (exact) mass is 283 g/mol. The number of benzene rings is 1. The number of rotatable bonds is 4. The van der Waals surface area contributed by atoms with E-state index in [-0.39, 0.29) is 17.2 Å². The third-order valence-corrected chi connectivity index (χ3v) is 5.21. The van der Waals surface area contributed by atoms with E-state index in [0.717, 1.165) is 6.42 Å². The lowest BCUT2D eigenvalue weighted by molar-refractivity contribution is -0.138. The molecule has 1 aliphatic rings. The summed E-state index contributed by atoms with van der Waals surface area (Å²) in [5.41, 5.74) is 0. The molecule has 1 heterocycles. The average molecular weight is 283 g/mol. The number of hydrogen-bond acceptors (Lipinski definition) is 3. The van der Waals surface area contributed by atoms with Gasteiger partial charge >= 0.3 is 5.97 Å². The highest BCUT2D eigenvalue weighted by atomic mass is 32.2. The van der Waals surface area contributed by atoms with Crippen molar-refractivity contribution in [1.82, 2.24) is 4.31 Å². The predicted octanol–water partition coefficient (Wildman–Crippen LogP) is 1.56. The Kier molecular flexibility index (Phi) is 4.21. The molecule has 0 bridgehead atoms. The number of carbonyl (C=O) groups is 1. The first kappa shape index (κ1) is 14.0. The fourth-order valence-corrected chi connectivity index (χ4v) is 3.98. The van der Waals surface area contributed by atoms with E-state index in [4.69, 9.17) is 5.11 Å². The van der Waals surface area contributed by atoms with Crippen molar-refractivity contribution >= 4 is 16.0 Å². The molecule has 5 nitrogen and oxygen atoms in total. The van der Waals surface area contributed by atoms with Crippen LogP contribution in [0.5, 0.6) is 0 Å². The molecule has 0 aliphatic carbocycles. The molecule has 6 heteroatoms. The molecule has 1 unspecified atom stereocenters. The maximum atomic E-state index is 12.4. The fraction of sp³-hybridized carbons (Fsp3) is 0.462. The van der Waals surface area contributed by atoms with Crippen molar-refractivity contribution in [3.05, 3.63) is 30.3 Å². The van der Waals surface area contributed by atoms with Gasteiger partial charge in [-0.15, -0.1) is 0 Å². The van der Waals surface area contributed by atoms with Crippen LogP contribution in [0.3, 0.4) is 0 Å². The fourth-order valence-electron chi connectivity index (χ4n) is 2.40. The molecule has 1 aliphatic heterocycles. The van der Waals surface area contributed by atoms with Gasteiger partial charge < -0.3 is 5.11 Å². The van der Waals surface area contributed by atoms with Crippen LogP contribution in [0.15, 0.2) is 35.2 Å². The number of aliphatic carboxylic acids is 1. The summed E-state index contributed by atoms with van der Waals surface area (Å²) in [5.74, 6) is -0.964. The third-order valence-electron chi connectivity index (χ3n) is 3.33. The summed E-state index contributed by atoms with van der Waals surface area (Å²) in [4.78, 5) is 11.0. The maximum Gasteiger partial charge on any atom is 0.303 e. The van der Waals surface area contributed by atoms with Crippen molar-refractivity contribution in [1.29, 1.82) is 0 Å². The van der Waals surface area contributed by atoms with E-state index >= 15 is 0 Å². The van der Waals surface area contributed by atoms with Crippen LogP contribution in [-0.2, 0) is 14.8 Å². The summed E-state index contributed by atoms with van der Waals surface area (Å²) in [6.07, 6.45) is 1.51. The number of carboxylic acid groups (broad SMARTS) is 1. The lowest BCUT2D eigenvalue weighted by Crippen LogP contribution is -2.40. The Labute approximate surface area is 112 Å². The van der Waals surface area contributed by atoms with Gasteiger partial charge in [0.05, 0.1) is 4.90 Å². The first-order chi connectivity index (χ1) is 9.00. The maximum absolute atomic E-state index is 12.4. The summed E-state index contributed by atoms with van der Waals surface area (Å²) in [6, 6.07) is 8.27.